The van der Waals surface area contributed by atoms with Gasteiger partial charge in [-0.25, -0.2) is 22.2 Å². The van der Waals surface area contributed by atoms with Crippen LogP contribution in [0.2, 0.25) is 0 Å². The molecule has 0 saturated heterocycles. The summed E-state index contributed by atoms with van der Waals surface area (Å²) in [7, 11) is -4.16. The number of aromatic nitrogens is 2. The van der Waals surface area contributed by atoms with Gasteiger partial charge in [0, 0.05) is 28.1 Å². The van der Waals surface area contributed by atoms with Crippen molar-refractivity contribution in [3.63, 3.8) is 0 Å². The van der Waals surface area contributed by atoms with Crippen molar-refractivity contribution < 1.29 is 12.8 Å². The first kappa shape index (κ1) is 23.6. The van der Waals surface area contributed by atoms with E-state index in [1.165, 1.54) is 10.0 Å². The summed E-state index contributed by atoms with van der Waals surface area (Å²) < 4.78 is 35.5. The first-order valence-corrected chi connectivity index (χ1v) is 13.5. The molecule has 0 aliphatic carbocycles. The van der Waals surface area contributed by atoms with Crippen molar-refractivity contribution in [2.75, 3.05) is 0 Å². The zero-order valence-electron chi connectivity index (χ0n) is 20.4. The predicted octanol–water partition coefficient (Wildman–Crippen LogP) is 6.54. The lowest BCUT2D eigenvalue weighted by Gasteiger charge is -2.15. The van der Waals surface area contributed by atoms with Gasteiger partial charge in [0.25, 0.3) is 10.0 Å². The second-order valence-electron chi connectivity index (χ2n) is 8.92. The Balaban J connectivity index is 1.80. The minimum Gasteiger partial charge on any atom is -0.423 e. The molecule has 4 aromatic carbocycles. The molecule has 2 heterocycles. The molecule has 0 spiro atoms. The highest BCUT2D eigenvalue weighted by Crippen LogP contribution is 2.40. The number of fused-ring (bicyclic) bond motifs is 1. The van der Waals surface area contributed by atoms with Crippen molar-refractivity contribution in [2.45, 2.75) is 11.8 Å². The van der Waals surface area contributed by atoms with Crippen molar-refractivity contribution in [1.82, 2.24) is 8.96 Å². The van der Waals surface area contributed by atoms with E-state index in [-0.39, 0.29) is 10.7 Å². The van der Waals surface area contributed by atoms with Crippen LogP contribution in [-0.2, 0) is 10.0 Å². The van der Waals surface area contributed by atoms with E-state index in [2.05, 4.69) is 0 Å². The standard InChI is InChI=1S/C31H22N2O4S/c1-21-16-18-24(19-17-21)38(35,36)33-30(23-12-6-3-7-13-23)29(22-10-4-2-5-11-22)32-31(33)26-20-28(34)37-27-15-9-8-14-25(26)27/h2-20H,1H3. The molecule has 7 heteroatoms. The Morgan fingerprint density at radius 1 is 0.737 bits per heavy atom. The monoisotopic (exact) mass is 518 g/mol. The third kappa shape index (κ3) is 4.03. The Bertz CT molecular complexity index is 1940. The van der Waals surface area contributed by atoms with Crippen LogP contribution in [-0.4, -0.2) is 17.4 Å². The normalized spacial score (nSPS) is 11.6. The average molecular weight is 519 g/mol. The van der Waals surface area contributed by atoms with Gasteiger partial charge in [0.05, 0.1) is 16.3 Å². The van der Waals surface area contributed by atoms with E-state index in [9.17, 15) is 13.2 Å². The molecule has 0 radical (unpaired) electrons. The third-order valence-electron chi connectivity index (χ3n) is 6.38. The number of hydrogen-bond donors (Lipinski definition) is 0. The Morgan fingerprint density at radius 3 is 2.03 bits per heavy atom. The lowest BCUT2D eigenvalue weighted by Crippen LogP contribution is -2.16. The van der Waals surface area contributed by atoms with Gasteiger partial charge in [-0.3, -0.25) is 0 Å². The van der Waals surface area contributed by atoms with Crippen LogP contribution in [0.3, 0.4) is 0 Å². The molecule has 6 nitrogen and oxygen atoms in total. The van der Waals surface area contributed by atoms with Crippen molar-refractivity contribution in [2.24, 2.45) is 0 Å². The highest BCUT2D eigenvalue weighted by molar-refractivity contribution is 7.90. The van der Waals surface area contributed by atoms with Gasteiger partial charge in [-0.05, 0) is 25.1 Å². The van der Waals surface area contributed by atoms with E-state index >= 15 is 0 Å². The first-order chi connectivity index (χ1) is 18.4. The number of imidazole rings is 1. The first-order valence-electron chi connectivity index (χ1n) is 12.0. The Labute approximate surface area is 219 Å². The smallest absolute Gasteiger partial charge is 0.336 e. The fraction of sp³-hybridized carbons (Fsp3) is 0.0323. The average Bonchev–Trinajstić information content (AvgIpc) is 3.35. The third-order valence-corrected chi connectivity index (χ3v) is 8.09. The summed E-state index contributed by atoms with van der Waals surface area (Å²) in [5, 5.41) is 0.580. The lowest BCUT2D eigenvalue weighted by molar-refractivity contribution is 0.561. The summed E-state index contributed by atoms with van der Waals surface area (Å²) in [6, 6.07) is 33.7. The molecule has 6 aromatic rings. The number of para-hydroxylation sites is 1. The van der Waals surface area contributed by atoms with E-state index in [0.29, 0.717) is 33.5 Å². The van der Waals surface area contributed by atoms with Crippen LogP contribution in [0.15, 0.2) is 129 Å². The molecule has 0 amide bonds. The maximum Gasteiger partial charge on any atom is 0.336 e. The molecule has 0 N–H and O–H groups in total. The van der Waals surface area contributed by atoms with Gasteiger partial charge in [-0.1, -0.05) is 96.6 Å². The van der Waals surface area contributed by atoms with Crippen molar-refractivity contribution >= 4 is 21.0 Å². The van der Waals surface area contributed by atoms with Gasteiger partial charge in [0.2, 0.25) is 0 Å². The topological polar surface area (TPSA) is 82.2 Å². The Morgan fingerprint density at radius 2 is 1.34 bits per heavy atom. The second-order valence-corrected chi connectivity index (χ2v) is 10.7. The molecular formula is C31H22N2O4S. The van der Waals surface area contributed by atoms with Crippen LogP contribution < -0.4 is 5.63 Å². The van der Waals surface area contributed by atoms with Crippen LogP contribution in [0.4, 0.5) is 0 Å². The van der Waals surface area contributed by atoms with Gasteiger partial charge in [-0.15, -0.1) is 0 Å². The summed E-state index contributed by atoms with van der Waals surface area (Å²) in [5.74, 6) is 0.132. The van der Waals surface area contributed by atoms with Gasteiger partial charge in [-0.2, -0.15) is 0 Å². The summed E-state index contributed by atoms with van der Waals surface area (Å²) >= 11 is 0. The molecule has 0 atom stereocenters. The molecule has 186 valence electrons. The van der Waals surface area contributed by atoms with Gasteiger partial charge in [0.1, 0.15) is 5.58 Å². The molecule has 0 bridgehead atoms. The lowest BCUT2D eigenvalue weighted by atomic mass is 10.1. The number of nitrogens with zero attached hydrogens (tertiary/aromatic N) is 2. The summed E-state index contributed by atoms with van der Waals surface area (Å²) in [5.41, 5.74) is 3.38. The Kier molecular flexibility index (Phi) is 5.77. The number of aryl methyl sites for hydroxylation is 1. The second kappa shape index (κ2) is 9.28. The summed E-state index contributed by atoms with van der Waals surface area (Å²) in [4.78, 5) is 17.7. The minimum absolute atomic E-state index is 0.116. The van der Waals surface area contributed by atoms with E-state index in [1.807, 2.05) is 73.7 Å². The molecular weight excluding hydrogens is 496 g/mol. The van der Waals surface area contributed by atoms with E-state index in [0.717, 1.165) is 11.1 Å². The summed E-state index contributed by atoms with van der Waals surface area (Å²) in [6.45, 7) is 1.90. The number of rotatable bonds is 5. The molecule has 6 rings (SSSR count). The van der Waals surface area contributed by atoms with Crippen molar-refractivity contribution in [1.29, 1.82) is 0 Å². The number of hydrogen-bond acceptors (Lipinski definition) is 5. The van der Waals surface area contributed by atoms with E-state index < -0.39 is 15.6 Å². The fourth-order valence-electron chi connectivity index (χ4n) is 4.57. The van der Waals surface area contributed by atoms with E-state index in [4.69, 9.17) is 9.40 Å². The molecule has 0 aliphatic rings. The fourth-order valence-corrected chi connectivity index (χ4v) is 6.06. The minimum atomic E-state index is -4.16. The quantitative estimate of drug-likeness (QED) is 0.242. The molecule has 38 heavy (non-hydrogen) atoms. The van der Waals surface area contributed by atoms with Crippen molar-refractivity contribution in [3.8, 4) is 33.9 Å². The predicted molar refractivity (Wildman–Crippen MR) is 148 cm³/mol. The van der Waals surface area contributed by atoms with Crippen LogP contribution in [0, 0.1) is 6.92 Å². The largest absolute Gasteiger partial charge is 0.423 e. The zero-order chi connectivity index (χ0) is 26.3. The van der Waals surface area contributed by atoms with Crippen molar-refractivity contribution in [3.05, 3.63) is 131 Å². The van der Waals surface area contributed by atoms with Gasteiger partial charge >= 0.3 is 5.63 Å². The zero-order valence-corrected chi connectivity index (χ0v) is 21.2. The molecule has 2 aromatic heterocycles. The SMILES string of the molecule is Cc1ccc(S(=O)(=O)n2c(-c3cc(=O)oc4ccccc34)nc(-c3ccccc3)c2-c2ccccc2)cc1. The number of benzene rings is 4. The highest BCUT2D eigenvalue weighted by Gasteiger charge is 2.31. The molecule has 0 aliphatic heterocycles. The van der Waals surface area contributed by atoms with Gasteiger partial charge < -0.3 is 4.42 Å². The highest BCUT2D eigenvalue weighted by atomic mass is 32.2. The molecule has 0 unspecified atom stereocenters. The molecule has 0 fully saturated rings. The maximum absolute atomic E-state index is 14.4. The van der Waals surface area contributed by atoms with Gasteiger partial charge in [0.15, 0.2) is 5.82 Å². The van der Waals surface area contributed by atoms with E-state index in [1.54, 1.807) is 42.5 Å². The Hall–Kier alpha value is -4.75. The van der Waals surface area contributed by atoms with Crippen LogP contribution in [0.1, 0.15) is 5.56 Å². The van der Waals surface area contributed by atoms with Crippen LogP contribution in [0.25, 0.3) is 44.9 Å². The molecule has 0 saturated carbocycles. The summed E-state index contributed by atoms with van der Waals surface area (Å²) in [6.07, 6.45) is 0. The van der Waals surface area contributed by atoms with Crippen LogP contribution >= 0.6 is 0 Å². The van der Waals surface area contributed by atoms with Crippen LogP contribution in [0.5, 0.6) is 0 Å². The maximum atomic E-state index is 14.4.